The Morgan fingerprint density at radius 1 is 1.37 bits per heavy atom. The fraction of sp³-hybridized carbons (Fsp3) is 0.625. The van der Waals surface area contributed by atoms with Crippen molar-refractivity contribution < 1.29 is 0 Å². The zero-order valence-electron chi connectivity index (χ0n) is 12.2. The number of nitrogens with one attached hydrogen (secondary N) is 1. The van der Waals surface area contributed by atoms with Crippen molar-refractivity contribution in [3.8, 4) is 0 Å². The van der Waals surface area contributed by atoms with Crippen LogP contribution >= 0.6 is 15.9 Å². The molecular formula is C16H25BrN2. The Balaban J connectivity index is 2.25. The van der Waals surface area contributed by atoms with Crippen LogP contribution in [0.5, 0.6) is 0 Å². The Bertz CT molecular complexity index is 415. The van der Waals surface area contributed by atoms with E-state index in [2.05, 4.69) is 65.1 Å². The molecule has 1 aliphatic carbocycles. The van der Waals surface area contributed by atoms with Crippen LogP contribution in [0, 0.1) is 5.92 Å². The lowest BCUT2D eigenvalue weighted by molar-refractivity contribution is 0.594. The van der Waals surface area contributed by atoms with Gasteiger partial charge in [0.2, 0.25) is 0 Å². The van der Waals surface area contributed by atoms with Crippen molar-refractivity contribution >= 4 is 21.6 Å². The van der Waals surface area contributed by atoms with Gasteiger partial charge in [-0.3, -0.25) is 0 Å². The minimum atomic E-state index is 0.394. The molecule has 0 bridgehead atoms. The van der Waals surface area contributed by atoms with Gasteiger partial charge in [-0.1, -0.05) is 22.9 Å². The molecule has 1 aliphatic rings. The van der Waals surface area contributed by atoms with E-state index in [-0.39, 0.29) is 0 Å². The SMILES string of the molecule is CCNC(C)c1cc(Br)ccc1N(CC)CC1CC1. The monoisotopic (exact) mass is 324 g/mol. The lowest BCUT2D eigenvalue weighted by Crippen LogP contribution is -2.28. The molecule has 19 heavy (non-hydrogen) atoms. The smallest absolute Gasteiger partial charge is 0.0415 e. The molecule has 2 rings (SSSR count). The first-order chi connectivity index (χ1) is 9.15. The molecule has 1 aromatic carbocycles. The maximum Gasteiger partial charge on any atom is 0.0415 e. The summed E-state index contributed by atoms with van der Waals surface area (Å²) in [5.74, 6) is 0.922. The van der Waals surface area contributed by atoms with Gasteiger partial charge in [0.05, 0.1) is 0 Å². The lowest BCUT2D eigenvalue weighted by atomic mass is 10.0. The van der Waals surface area contributed by atoms with Crippen molar-refractivity contribution in [1.82, 2.24) is 5.32 Å². The van der Waals surface area contributed by atoms with Gasteiger partial charge >= 0.3 is 0 Å². The maximum atomic E-state index is 3.60. The summed E-state index contributed by atoms with van der Waals surface area (Å²) in [4.78, 5) is 2.54. The van der Waals surface area contributed by atoms with Gasteiger partial charge in [-0.15, -0.1) is 0 Å². The maximum absolute atomic E-state index is 3.60. The van der Waals surface area contributed by atoms with Crippen LogP contribution in [0.4, 0.5) is 5.69 Å². The standard InChI is InChI=1S/C16H25BrN2/c1-4-18-12(3)15-10-14(17)8-9-16(15)19(5-2)11-13-6-7-13/h8-10,12-13,18H,4-7,11H2,1-3H3. The van der Waals surface area contributed by atoms with Crippen LogP contribution in [0.1, 0.15) is 45.2 Å². The molecule has 0 radical (unpaired) electrons. The lowest BCUT2D eigenvalue weighted by Gasteiger charge is -2.28. The molecular weight excluding hydrogens is 300 g/mol. The molecule has 0 aliphatic heterocycles. The largest absolute Gasteiger partial charge is 0.371 e. The molecule has 106 valence electrons. The van der Waals surface area contributed by atoms with E-state index in [1.807, 2.05) is 0 Å². The van der Waals surface area contributed by atoms with Crippen molar-refractivity contribution in [1.29, 1.82) is 0 Å². The second kappa shape index (κ2) is 6.76. The molecule has 0 aromatic heterocycles. The van der Waals surface area contributed by atoms with Crippen LogP contribution in [0.25, 0.3) is 0 Å². The summed E-state index contributed by atoms with van der Waals surface area (Å²) in [6, 6.07) is 7.08. The number of rotatable bonds is 7. The van der Waals surface area contributed by atoms with Gasteiger partial charge in [0.15, 0.2) is 0 Å². The fourth-order valence-electron chi connectivity index (χ4n) is 2.59. The molecule has 3 heteroatoms. The Kier molecular flexibility index (Phi) is 5.28. The van der Waals surface area contributed by atoms with Gasteiger partial charge in [0, 0.05) is 29.3 Å². The topological polar surface area (TPSA) is 15.3 Å². The van der Waals surface area contributed by atoms with E-state index >= 15 is 0 Å². The van der Waals surface area contributed by atoms with Crippen LogP contribution in [0.15, 0.2) is 22.7 Å². The molecule has 1 N–H and O–H groups in total. The summed E-state index contributed by atoms with van der Waals surface area (Å²) in [6.45, 7) is 9.97. The minimum Gasteiger partial charge on any atom is -0.371 e. The van der Waals surface area contributed by atoms with Crippen LogP contribution in [-0.2, 0) is 0 Å². The molecule has 1 saturated carbocycles. The van der Waals surface area contributed by atoms with Crippen LogP contribution in [-0.4, -0.2) is 19.6 Å². The first-order valence-corrected chi connectivity index (χ1v) is 8.22. The van der Waals surface area contributed by atoms with Crippen molar-refractivity contribution in [2.24, 2.45) is 5.92 Å². The molecule has 0 amide bonds. The van der Waals surface area contributed by atoms with E-state index in [0.29, 0.717) is 6.04 Å². The summed E-state index contributed by atoms with van der Waals surface area (Å²) < 4.78 is 1.17. The molecule has 1 atom stereocenters. The van der Waals surface area contributed by atoms with Gasteiger partial charge in [-0.05, 0) is 62.9 Å². The molecule has 1 aromatic rings. The van der Waals surface area contributed by atoms with Gasteiger partial charge < -0.3 is 10.2 Å². The number of hydrogen-bond donors (Lipinski definition) is 1. The average molecular weight is 325 g/mol. The third kappa shape index (κ3) is 3.96. The first-order valence-electron chi connectivity index (χ1n) is 7.43. The quantitative estimate of drug-likeness (QED) is 0.801. The second-order valence-corrected chi connectivity index (χ2v) is 6.38. The predicted molar refractivity (Wildman–Crippen MR) is 86.8 cm³/mol. The molecule has 0 spiro atoms. The number of benzene rings is 1. The van der Waals surface area contributed by atoms with Gasteiger partial charge in [-0.2, -0.15) is 0 Å². The summed E-state index contributed by atoms with van der Waals surface area (Å²) in [6.07, 6.45) is 2.82. The van der Waals surface area contributed by atoms with Gasteiger partial charge in [-0.25, -0.2) is 0 Å². The highest BCUT2D eigenvalue weighted by atomic mass is 79.9. The molecule has 0 saturated heterocycles. The molecule has 0 heterocycles. The normalized spacial score (nSPS) is 16.4. The fourth-order valence-corrected chi connectivity index (χ4v) is 2.97. The summed E-state index contributed by atoms with van der Waals surface area (Å²) >= 11 is 3.60. The average Bonchev–Trinajstić information content (AvgIpc) is 3.20. The van der Waals surface area contributed by atoms with E-state index in [4.69, 9.17) is 0 Å². The van der Waals surface area contributed by atoms with E-state index in [1.54, 1.807) is 0 Å². The van der Waals surface area contributed by atoms with Crippen molar-refractivity contribution in [3.05, 3.63) is 28.2 Å². The summed E-state index contributed by atoms with van der Waals surface area (Å²) in [7, 11) is 0. The highest BCUT2D eigenvalue weighted by molar-refractivity contribution is 9.10. The van der Waals surface area contributed by atoms with Crippen LogP contribution < -0.4 is 10.2 Å². The third-order valence-corrected chi connectivity index (χ3v) is 4.36. The Morgan fingerprint density at radius 2 is 2.11 bits per heavy atom. The van der Waals surface area contributed by atoms with E-state index in [1.165, 1.54) is 35.1 Å². The third-order valence-electron chi connectivity index (χ3n) is 3.86. The Hall–Kier alpha value is -0.540. The number of nitrogens with zero attached hydrogens (tertiary/aromatic N) is 1. The molecule has 2 nitrogen and oxygen atoms in total. The molecule has 1 unspecified atom stereocenters. The zero-order valence-corrected chi connectivity index (χ0v) is 13.8. The Morgan fingerprint density at radius 3 is 2.68 bits per heavy atom. The summed E-state index contributed by atoms with van der Waals surface area (Å²) in [5.41, 5.74) is 2.80. The summed E-state index contributed by atoms with van der Waals surface area (Å²) in [5, 5.41) is 3.53. The highest BCUT2D eigenvalue weighted by Crippen LogP contribution is 2.34. The van der Waals surface area contributed by atoms with Crippen molar-refractivity contribution in [2.75, 3.05) is 24.5 Å². The van der Waals surface area contributed by atoms with Crippen LogP contribution in [0.2, 0.25) is 0 Å². The minimum absolute atomic E-state index is 0.394. The van der Waals surface area contributed by atoms with E-state index < -0.39 is 0 Å². The second-order valence-electron chi connectivity index (χ2n) is 5.46. The number of hydrogen-bond acceptors (Lipinski definition) is 2. The van der Waals surface area contributed by atoms with E-state index in [0.717, 1.165) is 19.0 Å². The van der Waals surface area contributed by atoms with Gasteiger partial charge in [0.25, 0.3) is 0 Å². The van der Waals surface area contributed by atoms with Gasteiger partial charge in [0.1, 0.15) is 0 Å². The van der Waals surface area contributed by atoms with Crippen molar-refractivity contribution in [2.45, 2.75) is 39.7 Å². The molecule has 1 fully saturated rings. The van der Waals surface area contributed by atoms with E-state index in [9.17, 15) is 0 Å². The van der Waals surface area contributed by atoms with Crippen molar-refractivity contribution in [3.63, 3.8) is 0 Å². The zero-order chi connectivity index (χ0) is 13.8. The number of anilines is 1. The highest BCUT2D eigenvalue weighted by Gasteiger charge is 2.25. The van der Waals surface area contributed by atoms with Crippen LogP contribution in [0.3, 0.4) is 0 Å². The number of halogens is 1. The first kappa shape index (κ1) is 14.9. The Labute approximate surface area is 125 Å². The predicted octanol–water partition coefficient (Wildman–Crippen LogP) is 4.36.